The number of amides is 2. The van der Waals surface area contributed by atoms with Crippen molar-refractivity contribution in [2.24, 2.45) is 0 Å². The van der Waals surface area contributed by atoms with Gasteiger partial charge in [-0.25, -0.2) is 0 Å². The lowest BCUT2D eigenvalue weighted by Gasteiger charge is -2.29. The van der Waals surface area contributed by atoms with Crippen LogP contribution in [-0.4, -0.2) is 16.9 Å². The summed E-state index contributed by atoms with van der Waals surface area (Å²) in [5.41, 5.74) is 2.55. The number of thiocarbonyl (C=S) groups is 1. The zero-order valence-electron chi connectivity index (χ0n) is 15.2. The fourth-order valence-electron chi connectivity index (χ4n) is 2.73. The number of hydrogen-bond acceptors (Lipinski definition) is 3. The number of hydrogen-bond donors (Lipinski definition) is 1. The van der Waals surface area contributed by atoms with Gasteiger partial charge in [0, 0.05) is 5.02 Å². The van der Waals surface area contributed by atoms with Crippen LogP contribution >= 0.6 is 23.8 Å². The van der Waals surface area contributed by atoms with Crippen molar-refractivity contribution >= 4 is 52.5 Å². The molecule has 0 bridgehead atoms. The number of nitrogens with one attached hydrogen (secondary N) is 1. The topological polar surface area (TPSA) is 49.4 Å². The molecule has 0 aliphatic carbocycles. The maximum Gasteiger partial charge on any atom is 0.270 e. The predicted octanol–water partition coefficient (Wildman–Crippen LogP) is 4.47. The Labute approximate surface area is 168 Å². The highest BCUT2D eigenvalue weighted by Gasteiger charge is 2.34. The summed E-state index contributed by atoms with van der Waals surface area (Å²) in [6, 6.07) is 14.5. The SMILES string of the molecule is CC(C)(C)c1ccc(/C=C2/C(=O)NC(=S)N(c3ccc(Cl)cc3)C2=O)cc1. The van der Waals surface area contributed by atoms with Crippen LogP contribution in [0.5, 0.6) is 0 Å². The van der Waals surface area contributed by atoms with Crippen molar-refractivity contribution in [3.05, 3.63) is 70.3 Å². The molecule has 1 saturated heterocycles. The van der Waals surface area contributed by atoms with Crippen LogP contribution in [0.4, 0.5) is 5.69 Å². The van der Waals surface area contributed by atoms with Gasteiger partial charge in [0.25, 0.3) is 11.8 Å². The number of anilines is 1. The highest BCUT2D eigenvalue weighted by molar-refractivity contribution is 7.80. The second-order valence-electron chi connectivity index (χ2n) is 7.31. The Bertz CT molecular complexity index is 942. The van der Waals surface area contributed by atoms with Gasteiger partial charge in [-0.15, -0.1) is 0 Å². The first-order valence-electron chi connectivity index (χ1n) is 8.44. The standard InChI is InChI=1S/C21H19ClN2O2S/c1-21(2,3)14-6-4-13(5-7-14)12-17-18(25)23-20(27)24(19(17)26)16-10-8-15(22)9-11-16/h4-12H,1-3H3,(H,23,25,27)/b17-12-. The van der Waals surface area contributed by atoms with Crippen molar-refractivity contribution in [3.63, 3.8) is 0 Å². The van der Waals surface area contributed by atoms with Gasteiger partial charge >= 0.3 is 0 Å². The van der Waals surface area contributed by atoms with E-state index in [0.717, 1.165) is 5.56 Å². The molecule has 27 heavy (non-hydrogen) atoms. The molecule has 1 aliphatic rings. The molecule has 4 nitrogen and oxygen atoms in total. The van der Waals surface area contributed by atoms with Crippen LogP contribution in [0.15, 0.2) is 54.1 Å². The minimum atomic E-state index is -0.505. The highest BCUT2D eigenvalue weighted by Crippen LogP contribution is 2.25. The van der Waals surface area contributed by atoms with Crippen LogP contribution in [0.1, 0.15) is 31.9 Å². The summed E-state index contributed by atoms with van der Waals surface area (Å²) in [7, 11) is 0. The maximum atomic E-state index is 12.9. The quantitative estimate of drug-likeness (QED) is 0.461. The second-order valence-corrected chi connectivity index (χ2v) is 8.13. The smallest absolute Gasteiger partial charge is 0.270 e. The number of carbonyl (C=O) groups is 2. The first-order valence-corrected chi connectivity index (χ1v) is 9.23. The van der Waals surface area contributed by atoms with Gasteiger partial charge in [0.2, 0.25) is 0 Å². The van der Waals surface area contributed by atoms with Crippen molar-refractivity contribution in [1.82, 2.24) is 5.32 Å². The van der Waals surface area contributed by atoms with Gasteiger partial charge in [0.05, 0.1) is 5.69 Å². The fraction of sp³-hybridized carbons (Fsp3) is 0.190. The van der Waals surface area contributed by atoms with Crippen molar-refractivity contribution in [2.45, 2.75) is 26.2 Å². The summed E-state index contributed by atoms with van der Waals surface area (Å²) in [5.74, 6) is -0.971. The van der Waals surface area contributed by atoms with Crippen LogP contribution in [-0.2, 0) is 15.0 Å². The van der Waals surface area contributed by atoms with Crippen LogP contribution in [0.25, 0.3) is 6.08 Å². The molecule has 1 heterocycles. The van der Waals surface area contributed by atoms with E-state index in [0.29, 0.717) is 10.7 Å². The Kier molecular flexibility index (Phi) is 5.18. The summed E-state index contributed by atoms with van der Waals surface area (Å²) in [5, 5.41) is 3.17. The second kappa shape index (κ2) is 7.25. The molecule has 0 spiro atoms. The lowest BCUT2D eigenvalue weighted by Crippen LogP contribution is -2.54. The number of benzene rings is 2. The third-order valence-corrected chi connectivity index (χ3v) is 4.81. The minimum absolute atomic E-state index is 0.0290. The lowest BCUT2D eigenvalue weighted by molar-refractivity contribution is -0.122. The van der Waals surface area contributed by atoms with Crippen LogP contribution in [0, 0.1) is 0 Å². The summed E-state index contributed by atoms with van der Waals surface area (Å²) < 4.78 is 0. The van der Waals surface area contributed by atoms with E-state index >= 15 is 0 Å². The zero-order chi connectivity index (χ0) is 19.8. The summed E-state index contributed by atoms with van der Waals surface area (Å²) >= 11 is 11.1. The van der Waals surface area contributed by atoms with Gasteiger partial charge in [-0.05, 0) is 59.1 Å². The largest absolute Gasteiger partial charge is 0.298 e. The number of nitrogens with zero attached hydrogens (tertiary/aromatic N) is 1. The van der Waals surface area contributed by atoms with Crippen molar-refractivity contribution in [1.29, 1.82) is 0 Å². The molecule has 2 amide bonds. The molecule has 138 valence electrons. The van der Waals surface area contributed by atoms with Gasteiger partial charge in [0.1, 0.15) is 5.57 Å². The molecule has 1 aliphatic heterocycles. The van der Waals surface area contributed by atoms with Crippen LogP contribution in [0.3, 0.4) is 0 Å². The average molecular weight is 399 g/mol. The maximum absolute atomic E-state index is 12.9. The Hall–Kier alpha value is -2.50. The normalized spacial score (nSPS) is 16.7. The van der Waals surface area contributed by atoms with Crippen molar-refractivity contribution in [2.75, 3.05) is 4.90 Å². The van der Waals surface area contributed by atoms with Gasteiger partial charge in [0.15, 0.2) is 5.11 Å². The van der Waals surface area contributed by atoms with Crippen molar-refractivity contribution < 1.29 is 9.59 Å². The average Bonchev–Trinajstić information content (AvgIpc) is 2.60. The van der Waals surface area contributed by atoms with Gasteiger partial charge < -0.3 is 0 Å². The molecule has 0 saturated carbocycles. The van der Waals surface area contributed by atoms with Gasteiger partial charge in [-0.1, -0.05) is 56.6 Å². The summed E-state index contributed by atoms with van der Waals surface area (Å²) in [6.07, 6.45) is 1.58. The lowest BCUT2D eigenvalue weighted by atomic mass is 9.86. The van der Waals surface area contributed by atoms with E-state index in [2.05, 4.69) is 26.1 Å². The van der Waals surface area contributed by atoms with Gasteiger partial charge in [-0.3, -0.25) is 19.8 Å². The molecule has 0 aromatic heterocycles. The number of rotatable bonds is 2. The summed E-state index contributed by atoms with van der Waals surface area (Å²) in [4.78, 5) is 26.6. The minimum Gasteiger partial charge on any atom is -0.298 e. The Morgan fingerprint density at radius 3 is 2.15 bits per heavy atom. The van der Waals surface area contributed by atoms with E-state index in [9.17, 15) is 9.59 Å². The van der Waals surface area contributed by atoms with E-state index in [1.54, 1.807) is 30.3 Å². The monoisotopic (exact) mass is 398 g/mol. The Morgan fingerprint density at radius 2 is 1.59 bits per heavy atom. The predicted molar refractivity (Wildman–Crippen MR) is 113 cm³/mol. The molecule has 1 fully saturated rings. The first kappa shape index (κ1) is 19.3. The van der Waals surface area contributed by atoms with E-state index < -0.39 is 11.8 Å². The molecule has 1 N–H and O–H groups in total. The fourth-order valence-corrected chi connectivity index (χ4v) is 3.14. The van der Waals surface area contributed by atoms with E-state index in [1.807, 2.05) is 24.3 Å². The third-order valence-electron chi connectivity index (χ3n) is 4.27. The molecule has 0 atom stereocenters. The van der Waals surface area contributed by atoms with Gasteiger partial charge in [-0.2, -0.15) is 0 Å². The molecule has 0 radical (unpaired) electrons. The molecule has 2 aromatic rings. The van der Waals surface area contributed by atoms with Crippen LogP contribution in [0.2, 0.25) is 5.02 Å². The molecule has 0 unspecified atom stereocenters. The molecular formula is C21H19ClN2O2S. The molecule has 2 aromatic carbocycles. The van der Waals surface area contributed by atoms with E-state index in [1.165, 1.54) is 10.5 Å². The van der Waals surface area contributed by atoms with E-state index in [4.69, 9.17) is 23.8 Å². The highest BCUT2D eigenvalue weighted by atomic mass is 35.5. The first-order chi connectivity index (χ1) is 12.7. The van der Waals surface area contributed by atoms with E-state index in [-0.39, 0.29) is 16.1 Å². The molecule has 6 heteroatoms. The Balaban J connectivity index is 1.95. The third kappa shape index (κ3) is 4.10. The number of carbonyl (C=O) groups excluding carboxylic acids is 2. The molecular weight excluding hydrogens is 380 g/mol. The molecule has 3 rings (SSSR count). The number of halogens is 1. The van der Waals surface area contributed by atoms with Crippen LogP contribution < -0.4 is 10.2 Å². The Morgan fingerprint density at radius 1 is 1.00 bits per heavy atom. The zero-order valence-corrected chi connectivity index (χ0v) is 16.8. The summed E-state index contributed by atoms with van der Waals surface area (Å²) in [6.45, 7) is 6.39. The van der Waals surface area contributed by atoms with Crippen molar-refractivity contribution in [3.8, 4) is 0 Å².